The molecule has 0 saturated heterocycles. The third-order valence-corrected chi connectivity index (χ3v) is 4.75. The van der Waals surface area contributed by atoms with Gasteiger partial charge in [-0.05, 0) is 31.0 Å². The quantitative estimate of drug-likeness (QED) is 0.719. The summed E-state index contributed by atoms with van der Waals surface area (Å²) >= 11 is 0. The minimum Gasteiger partial charge on any atom is -0.497 e. The Kier molecular flexibility index (Phi) is 4.47. The number of H-pyrrole nitrogens is 1. The normalized spacial score (nSPS) is 16.6. The maximum absolute atomic E-state index is 5.31. The summed E-state index contributed by atoms with van der Waals surface area (Å²) < 4.78 is 7.47. The highest BCUT2D eigenvalue weighted by molar-refractivity contribution is 5.64. The molecule has 0 unspecified atom stereocenters. The maximum Gasteiger partial charge on any atom is 0.132 e. The average Bonchev–Trinajstić information content (AvgIpc) is 3.30. The second-order valence-corrected chi connectivity index (χ2v) is 6.44. The standard InChI is InChI=1S/C18H22N6O/c1-25-16-4-2-3-14(7-16)18-15(10-20-23-18)9-19-8-13-5-6-17-22-21-12-24(17)11-13/h2-4,7,10,12-13,19H,5-6,8-9,11H2,1H3,(H,20,23)/t13-/m1/s1. The first-order valence-electron chi connectivity index (χ1n) is 8.57. The van der Waals surface area contributed by atoms with Crippen molar-refractivity contribution in [1.29, 1.82) is 0 Å². The van der Waals surface area contributed by atoms with Gasteiger partial charge in [0.15, 0.2) is 0 Å². The molecule has 4 rings (SSSR count). The predicted molar refractivity (Wildman–Crippen MR) is 94.1 cm³/mol. The van der Waals surface area contributed by atoms with Crippen molar-refractivity contribution in [2.75, 3.05) is 13.7 Å². The third kappa shape index (κ3) is 3.41. The van der Waals surface area contributed by atoms with Gasteiger partial charge in [0.2, 0.25) is 0 Å². The number of benzene rings is 1. The fourth-order valence-corrected chi connectivity index (χ4v) is 3.38. The van der Waals surface area contributed by atoms with Gasteiger partial charge >= 0.3 is 0 Å². The monoisotopic (exact) mass is 338 g/mol. The molecule has 0 aliphatic carbocycles. The van der Waals surface area contributed by atoms with E-state index in [0.717, 1.165) is 60.9 Å². The second kappa shape index (κ2) is 7.06. The van der Waals surface area contributed by atoms with Crippen molar-refractivity contribution in [3.05, 3.63) is 48.2 Å². The number of hydrogen-bond donors (Lipinski definition) is 2. The largest absolute Gasteiger partial charge is 0.497 e. The molecular weight excluding hydrogens is 316 g/mol. The van der Waals surface area contributed by atoms with Crippen LogP contribution in [0, 0.1) is 5.92 Å². The van der Waals surface area contributed by atoms with Crippen molar-refractivity contribution in [3.8, 4) is 17.0 Å². The Bertz CT molecular complexity index is 839. The molecule has 130 valence electrons. The molecule has 3 heterocycles. The minimum atomic E-state index is 0.607. The Morgan fingerprint density at radius 3 is 3.28 bits per heavy atom. The molecule has 0 radical (unpaired) electrons. The van der Waals surface area contributed by atoms with Gasteiger partial charge < -0.3 is 14.6 Å². The molecule has 2 N–H and O–H groups in total. The van der Waals surface area contributed by atoms with Crippen LogP contribution in [0.1, 0.15) is 17.8 Å². The predicted octanol–water partition coefficient (Wildman–Crippen LogP) is 2.03. The van der Waals surface area contributed by atoms with Crippen molar-refractivity contribution in [3.63, 3.8) is 0 Å². The number of fused-ring (bicyclic) bond motifs is 1. The van der Waals surface area contributed by atoms with E-state index in [9.17, 15) is 0 Å². The topological polar surface area (TPSA) is 80.7 Å². The molecule has 0 amide bonds. The van der Waals surface area contributed by atoms with E-state index >= 15 is 0 Å². The highest BCUT2D eigenvalue weighted by atomic mass is 16.5. The second-order valence-electron chi connectivity index (χ2n) is 6.44. The molecule has 0 saturated carbocycles. The van der Waals surface area contributed by atoms with Crippen molar-refractivity contribution < 1.29 is 4.74 Å². The molecule has 0 fully saturated rings. The number of aromatic nitrogens is 5. The van der Waals surface area contributed by atoms with Crippen LogP contribution in [-0.4, -0.2) is 38.6 Å². The van der Waals surface area contributed by atoms with Gasteiger partial charge in [0, 0.05) is 30.6 Å². The summed E-state index contributed by atoms with van der Waals surface area (Å²) in [5.74, 6) is 2.56. The van der Waals surface area contributed by atoms with Gasteiger partial charge in [0.25, 0.3) is 0 Å². The van der Waals surface area contributed by atoms with Crippen molar-refractivity contribution >= 4 is 0 Å². The Balaban J connectivity index is 1.37. The van der Waals surface area contributed by atoms with E-state index in [2.05, 4.69) is 36.3 Å². The molecule has 1 atom stereocenters. The summed E-state index contributed by atoms with van der Waals surface area (Å²) in [6.45, 7) is 2.75. The van der Waals surface area contributed by atoms with Crippen LogP contribution in [-0.2, 0) is 19.5 Å². The van der Waals surface area contributed by atoms with Crippen LogP contribution in [0.2, 0.25) is 0 Å². The SMILES string of the molecule is COc1cccc(-c2[nH]ncc2CNC[C@H]2CCc3nncn3C2)c1. The molecule has 0 spiro atoms. The van der Waals surface area contributed by atoms with E-state index in [1.54, 1.807) is 7.11 Å². The van der Waals surface area contributed by atoms with Crippen LogP contribution in [0.15, 0.2) is 36.8 Å². The number of ether oxygens (including phenoxy) is 1. The first-order chi connectivity index (χ1) is 12.3. The summed E-state index contributed by atoms with van der Waals surface area (Å²) in [6.07, 6.45) is 5.88. The molecule has 1 aliphatic rings. The van der Waals surface area contributed by atoms with E-state index < -0.39 is 0 Å². The fourth-order valence-electron chi connectivity index (χ4n) is 3.38. The summed E-state index contributed by atoms with van der Waals surface area (Å²) in [4.78, 5) is 0. The molecule has 0 bridgehead atoms. The number of hydrogen-bond acceptors (Lipinski definition) is 5. The van der Waals surface area contributed by atoms with Gasteiger partial charge in [-0.1, -0.05) is 12.1 Å². The number of rotatable bonds is 6. The first kappa shape index (κ1) is 15.8. The highest BCUT2D eigenvalue weighted by Gasteiger charge is 2.19. The van der Waals surface area contributed by atoms with Crippen LogP contribution < -0.4 is 10.1 Å². The van der Waals surface area contributed by atoms with Crippen LogP contribution in [0.4, 0.5) is 0 Å². The van der Waals surface area contributed by atoms with Crippen LogP contribution in [0.3, 0.4) is 0 Å². The summed E-state index contributed by atoms with van der Waals surface area (Å²) in [7, 11) is 1.68. The first-order valence-corrected chi connectivity index (χ1v) is 8.57. The molecule has 25 heavy (non-hydrogen) atoms. The van der Waals surface area contributed by atoms with E-state index in [4.69, 9.17) is 4.74 Å². The van der Waals surface area contributed by atoms with Crippen molar-refractivity contribution in [1.82, 2.24) is 30.3 Å². The lowest BCUT2D eigenvalue weighted by Crippen LogP contribution is -2.29. The molecule has 2 aromatic heterocycles. The molecule has 3 aromatic rings. The smallest absolute Gasteiger partial charge is 0.132 e. The van der Waals surface area contributed by atoms with Gasteiger partial charge in [-0.2, -0.15) is 5.10 Å². The van der Waals surface area contributed by atoms with Gasteiger partial charge in [-0.3, -0.25) is 5.10 Å². The zero-order valence-corrected chi connectivity index (χ0v) is 14.3. The van der Waals surface area contributed by atoms with E-state index in [0.29, 0.717) is 5.92 Å². The molecule has 7 nitrogen and oxygen atoms in total. The van der Waals surface area contributed by atoms with Crippen molar-refractivity contribution in [2.24, 2.45) is 5.92 Å². The lowest BCUT2D eigenvalue weighted by molar-refractivity contribution is 0.347. The number of methoxy groups -OCH3 is 1. The van der Waals surface area contributed by atoms with Gasteiger partial charge in [0.1, 0.15) is 17.9 Å². The summed E-state index contributed by atoms with van der Waals surface area (Å²) in [6, 6.07) is 8.02. The lowest BCUT2D eigenvalue weighted by atomic mass is 9.99. The zero-order valence-electron chi connectivity index (χ0n) is 14.3. The molecule has 7 heteroatoms. The lowest BCUT2D eigenvalue weighted by Gasteiger charge is -2.23. The number of nitrogens with zero attached hydrogens (tertiary/aromatic N) is 4. The molecular formula is C18H22N6O. The van der Waals surface area contributed by atoms with Gasteiger partial charge in [-0.25, -0.2) is 0 Å². The van der Waals surface area contributed by atoms with E-state index in [1.165, 1.54) is 0 Å². The van der Waals surface area contributed by atoms with Crippen LogP contribution in [0.25, 0.3) is 11.3 Å². The minimum absolute atomic E-state index is 0.607. The van der Waals surface area contributed by atoms with E-state index in [1.807, 2.05) is 30.7 Å². The average molecular weight is 338 g/mol. The summed E-state index contributed by atoms with van der Waals surface area (Å²) in [5.41, 5.74) is 3.28. The maximum atomic E-state index is 5.31. The van der Waals surface area contributed by atoms with Crippen LogP contribution >= 0.6 is 0 Å². The van der Waals surface area contributed by atoms with Gasteiger partial charge in [-0.15, -0.1) is 10.2 Å². The zero-order chi connectivity index (χ0) is 17.1. The van der Waals surface area contributed by atoms with Gasteiger partial charge in [0.05, 0.1) is 19.0 Å². The Labute approximate surface area is 146 Å². The number of aryl methyl sites for hydroxylation is 1. The summed E-state index contributed by atoms with van der Waals surface area (Å²) in [5, 5.41) is 19.0. The third-order valence-electron chi connectivity index (χ3n) is 4.75. The van der Waals surface area contributed by atoms with E-state index in [-0.39, 0.29) is 0 Å². The number of nitrogens with one attached hydrogen (secondary N) is 2. The highest BCUT2D eigenvalue weighted by Crippen LogP contribution is 2.25. The fraction of sp³-hybridized carbons (Fsp3) is 0.389. The molecule has 1 aromatic carbocycles. The van der Waals surface area contributed by atoms with Crippen molar-refractivity contribution in [2.45, 2.75) is 25.9 Å². The molecule has 1 aliphatic heterocycles. The Hall–Kier alpha value is -2.67. The Morgan fingerprint density at radius 2 is 2.36 bits per heavy atom. The Morgan fingerprint density at radius 1 is 1.40 bits per heavy atom. The van der Waals surface area contributed by atoms with Crippen LogP contribution in [0.5, 0.6) is 5.75 Å². The number of aromatic amines is 1.